The van der Waals surface area contributed by atoms with E-state index in [1.807, 2.05) is 0 Å². The summed E-state index contributed by atoms with van der Waals surface area (Å²) in [4.78, 5) is 38.5. The molecule has 3 aliphatic rings. The first-order valence-electron chi connectivity index (χ1n) is 11.2. The number of fused-ring (bicyclic) bond motifs is 4. The minimum Gasteiger partial charge on any atom is -0.469 e. The molecule has 1 aromatic heterocycles. The number of ether oxygens (including phenoxy) is 1. The van der Waals surface area contributed by atoms with Gasteiger partial charge in [0.05, 0.1) is 12.8 Å². The maximum absolute atomic E-state index is 12.5. The molecule has 2 aliphatic heterocycles. The first-order chi connectivity index (χ1) is 15.5. The zero-order valence-electron chi connectivity index (χ0n) is 18.5. The first kappa shape index (κ1) is 21.4. The van der Waals surface area contributed by atoms with Crippen LogP contribution in [0.4, 0.5) is 11.5 Å². The molecule has 1 aromatic carbocycles. The van der Waals surface area contributed by atoms with Gasteiger partial charge >= 0.3 is 5.97 Å². The van der Waals surface area contributed by atoms with Crippen molar-refractivity contribution in [2.45, 2.75) is 49.1 Å². The number of amides is 1. The number of nitrogens with zero attached hydrogens (tertiary/aromatic N) is 4. The number of methoxy groups -OCH3 is 1. The highest BCUT2D eigenvalue weighted by atomic mass is 32.2. The summed E-state index contributed by atoms with van der Waals surface area (Å²) in [5.74, 6) is 1.99. The third-order valence-corrected chi connectivity index (χ3v) is 8.07. The number of piperidine rings is 1. The van der Waals surface area contributed by atoms with Crippen LogP contribution in [-0.4, -0.2) is 46.9 Å². The third-order valence-electron chi connectivity index (χ3n) is 7.03. The number of hydrogen-bond donors (Lipinski definition) is 0. The van der Waals surface area contributed by atoms with Gasteiger partial charge in [0.1, 0.15) is 5.03 Å². The van der Waals surface area contributed by atoms with E-state index in [1.54, 1.807) is 36.0 Å². The second-order valence-electron chi connectivity index (χ2n) is 9.03. The average molecular weight is 453 g/mol. The molecule has 0 N–H and O–H groups in total. The molecule has 168 valence electrons. The molecule has 0 radical (unpaired) electrons. The normalized spacial score (nSPS) is 24.4. The van der Waals surface area contributed by atoms with Crippen LogP contribution in [0.25, 0.3) is 0 Å². The van der Waals surface area contributed by atoms with Crippen LogP contribution in [-0.2, 0) is 20.9 Å². The van der Waals surface area contributed by atoms with Crippen molar-refractivity contribution < 1.29 is 14.3 Å². The molecule has 2 unspecified atom stereocenters. The quantitative estimate of drug-likeness (QED) is 0.648. The zero-order valence-corrected chi connectivity index (χ0v) is 19.3. The lowest BCUT2D eigenvalue weighted by Crippen LogP contribution is -2.48. The largest absolute Gasteiger partial charge is 0.469 e. The molecule has 2 aromatic rings. The summed E-state index contributed by atoms with van der Waals surface area (Å²) >= 11 is 1.56. The number of carbonyl (C=O) groups excluding carboxylic acids is 2. The Morgan fingerprint density at radius 3 is 2.62 bits per heavy atom. The topological polar surface area (TPSA) is 75.6 Å². The van der Waals surface area contributed by atoms with Crippen LogP contribution in [0.5, 0.6) is 0 Å². The Kier molecular flexibility index (Phi) is 5.90. The average Bonchev–Trinajstić information content (AvgIpc) is 2.77. The van der Waals surface area contributed by atoms with Crippen molar-refractivity contribution in [2.24, 2.45) is 17.8 Å². The van der Waals surface area contributed by atoms with E-state index in [4.69, 9.17) is 4.74 Å². The zero-order chi connectivity index (χ0) is 22.2. The smallest absolute Gasteiger partial charge is 0.305 e. The molecule has 2 bridgehead atoms. The predicted molar refractivity (Wildman–Crippen MR) is 122 cm³/mol. The fourth-order valence-electron chi connectivity index (χ4n) is 5.65. The molecule has 2 atom stereocenters. The molecule has 8 heteroatoms. The number of benzene rings is 1. The number of esters is 1. The highest BCUT2D eigenvalue weighted by Gasteiger charge is 2.40. The van der Waals surface area contributed by atoms with E-state index in [1.165, 1.54) is 31.9 Å². The Morgan fingerprint density at radius 2 is 1.91 bits per heavy atom. The minimum absolute atomic E-state index is 0.0661. The molecule has 1 amide bonds. The SMILES string of the molecule is COC(=O)CC1C2CCCC1CN(Cc1ccc3c(c1)N(C(C)=O)c1nccnc1S3)C2. The lowest BCUT2D eigenvalue weighted by atomic mass is 9.67. The van der Waals surface area contributed by atoms with Crippen molar-refractivity contribution in [3.05, 3.63) is 36.2 Å². The number of hydrogen-bond acceptors (Lipinski definition) is 7. The van der Waals surface area contributed by atoms with E-state index in [9.17, 15) is 9.59 Å². The van der Waals surface area contributed by atoms with Gasteiger partial charge < -0.3 is 4.74 Å². The van der Waals surface area contributed by atoms with Gasteiger partial charge in [0.25, 0.3) is 0 Å². The molecular formula is C24H28N4O3S. The molecule has 2 fully saturated rings. The van der Waals surface area contributed by atoms with Crippen LogP contribution >= 0.6 is 11.8 Å². The number of rotatable bonds is 4. The monoisotopic (exact) mass is 452 g/mol. The van der Waals surface area contributed by atoms with E-state index in [2.05, 4.69) is 33.1 Å². The van der Waals surface area contributed by atoms with Gasteiger partial charge in [0, 0.05) is 50.3 Å². The molecule has 1 saturated heterocycles. The van der Waals surface area contributed by atoms with E-state index >= 15 is 0 Å². The van der Waals surface area contributed by atoms with Gasteiger partial charge in [0.15, 0.2) is 5.82 Å². The van der Waals surface area contributed by atoms with Gasteiger partial charge in [-0.15, -0.1) is 0 Å². The molecule has 5 rings (SSSR count). The van der Waals surface area contributed by atoms with Crippen molar-refractivity contribution in [3.63, 3.8) is 0 Å². The number of carbonyl (C=O) groups is 2. The second kappa shape index (κ2) is 8.83. The Labute approximate surface area is 192 Å². The van der Waals surface area contributed by atoms with E-state index in [0.29, 0.717) is 30.0 Å². The van der Waals surface area contributed by atoms with Gasteiger partial charge in [0.2, 0.25) is 5.91 Å². The maximum Gasteiger partial charge on any atom is 0.305 e. The Bertz CT molecular complexity index is 1030. The Hall–Kier alpha value is -2.45. The minimum atomic E-state index is -0.0831. The van der Waals surface area contributed by atoms with Gasteiger partial charge in [-0.05, 0) is 48.3 Å². The molecule has 1 saturated carbocycles. The first-order valence-corrected chi connectivity index (χ1v) is 12.1. The molecule has 3 heterocycles. The predicted octanol–water partition coefficient (Wildman–Crippen LogP) is 4.04. The summed E-state index contributed by atoms with van der Waals surface area (Å²) in [7, 11) is 1.48. The number of anilines is 2. The number of likely N-dealkylation sites (tertiary alicyclic amines) is 1. The van der Waals surface area contributed by atoms with Crippen LogP contribution < -0.4 is 4.90 Å². The van der Waals surface area contributed by atoms with Crippen LogP contribution in [0.1, 0.15) is 38.2 Å². The fourth-order valence-corrected chi connectivity index (χ4v) is 6.59. The van der Waals surface area contributed by atoms with Crippen molar-refractivity contribution in [1.29, 1.82) is 0 Å². The molecule has 0 spiro atoms. The van der Waals surface area contributed by atoms with Crippen molar-refractivity contribution in [1.82, 2.24) is 14.9 Å². The van der Waals surface area contributed by atoms with Gasteiger partial charge in [-0.25, -0.2) is 9.97 Å². The van der Waals surface area contributed by atoms with E-state index < -0.39 is 0 Å². The summed E-state index contributed by atoms with van der Waals surface area (Å²) in [6.07, 6.45) is 7.45. The van der Waals surface area contributed by atoms with Crippen LogP contribution in [0.3, 0.4) is 0 Å². The maximum atomic E-state index is 12.5. The van der Waals surface area contributed by atoms with E-state index in [0.717, 1.165) is 35.2 Å². The highest BCUT2D eigenvalue weighted by molar-refractivity contribution is 7.99. The van der Waals surface area contributed by atoms with Gasteiger partial charge in [-0.3, -0.25) is 19.4 Å². The summed E-state index contributed by atoms with van der Waals surface area (Å²) in [5.41, 5.74) is 2.07. The second-order valence-corrected chi connectivity index (χ2v) is 10.1. The summed E-state index contributed by atoms with van der Waals surface area (Å²) < 4.78 is 4.95. The van der Waals surface area contributed by atoms with Crippen molar-refractivity contribution in [2.75, 3.05) is 25.1 Å². The molecule has 1 aliphatic carbocycles. The summed E-state index contributed by atoms with van der Waals surface area (Å²) in [6, 6.07) is 6.37. The Balaban J connectivity index is 1.35. The van der Waals surface area contributed by atoms with Crippen molar-refractivity contribution >= 4 is 35.1 Å². The van der Waals surface area contributed by atoms with Crippen LogP contribution in [0.15, 0.2) is 40.5 Å². The highest BCUT2D eigenvalue weighted by Crippen LogP contribution is 2.47. The lowest BCUT2D eigenvalue weighted by molar-refractivity contribution is -0.144. The number of aromatic nitrogens is 2. The lowest BCUT2D eigenvalue weighted by Gasteiger charge is -2.47. The third kappa shape index (κ3) is 4.01. The van der Waals surface area contributed by atoms with Crippen LogP contribution in [0, 0.1) is 17.8 Å². The molecular weight excluding hydrogens is 424 g/mol. The molecule has 32 heavy (non-hydrogen) atoms. The summed E-state index contributed by atoms with van der Waals surface area (Å²) in [5, 5.41) is 0.753. The van der Waals surface area contributed by atoms with E-state index in [-0.39, 0.29) is 11.9 Å². The van der Waals surface area contributed by atoms with Crippen molar-refractivity contribution in [3.8, 4) is 0 Å². The van der Waals surface area contributed by atoms with Gasteiger partial charge in [-0.2, -0.15) is 0 Å². The van der Waals surface area contributed by atoms with Crippen LogP contribution in [0.2, 0.25) is 0 Å². The standard InChI is InChI=1S/C24H28N4O3S/c1-15(29)28-20-10-16(6-7-21(20)32-24-23(28)25-8-9-26-24)12-27-13-17-4-3-5-18(14-27)19(17)11-22(30)31-2/h6-10,17-19H,3-5,11-14H2,1-2H3. The fraction of sp³-hybridized carbons (Fsp3) is 0.500. The van der Waals surface area contributed by atoms with Gasteiger partial charge in [-0.1, -0.05) is 24.2 Å². The summed E-state index contributed by atoms with van der Waals surface area (Å²) in [6.45, 7) is 4.43. The molecule has 7 nitrogen and oxygen atoms in total. The Morgan fingerprint density at radius 1 is 1.16 bits per heavy atom.